The standard InChI is InChI=1S/C30H37N5O3/c1-20(2)24-12-8-9-13-26(24)35-27-19-32(18-23-10-6-5-7-11-23)15-14-25(27)28(31-29(35)36)33-16-22(4)34(30(37)38)17-21(33)3/h5-13,20-22H,14-19H2,1-4H3,(H,37,38)/t21-,22+/m0/s1. The third-order valence-corrected chi connectivity index (χ3v) is 7.88. The minimum absolute atomic E-state index is 0.0838. The van der Waals surface area contributed by atoms with E-state index in [1.165, 1.54) is 10.5 Å². The van der Waals surface area contributed by atoms with Gasteiger partial charge in [-0.15, -0.1) is 0 Å². The van der Waals surface area contributed by atoms with Crippen molar-refractivity contribution in [3.63, 3.8) is 0 Å². The zero-order valence-corrected chi connectivity index (χ0v) is 22.7. The fourth-order valence-corrected chi connectivity index (χ4v) is 5.90. The molecule has 0 spiro atoms. The molecule has 1 aromatic heterocycles. The second-order valence-corrected chi connectivity index (χ2v) is 10.9. The summed E-state index contributed by atoms with van der Waals surface area (Å²) in [6.45, 7) is 11.4. The Labute approximate surface area is 224 Å². The van der Waals surface area contributed by atoms with E-state index in [-0.39, 0.29) is 23.7 Å². The Morgan fingerprint density at radius 2 is 1.74 bits per heavy atom. The first kappa shape index (κ1) is 26.0. The SMILES string of the molecule is CC(C)c1ccccc1-n1c2c(c(N3C[C@@H](C)N(C(=O)O)C[C@@H]3C)nc1=O)CCN(Cc1ccccc1)C2. The quantitative estimate of drug-likeness (QED) is 0.539. The van der Waals surface area contributed by atoms with Crippen LogP contribution < -0.4 is 10.6 Å². The summed E-state index contributed by atoms with van der Waals surface area (Å²) >= 11 is 0. The summed E-state index contributed by atoms with van der Waals surface area (Å²) in [6, 6.07) is 18.3. The van der Waals surface area contributed by atoms with Crippen molar-refractivity contribution < 1.29 is 9.90 Å². The van der Waals surface area contributed by atoms with E-state index in [0.717, 1.165) is 42.0 Å². The monoisotopic (exact) mass is 515 g/mol. The van der Waals surface area contributed by atoms with Crippen LogP contribution in [0.4, 0.5) is 10.6 Å². The van der Waals surface area contributed by atoms with Gasteiger partial charge in [-0.1, -0.05) is 62.4 Å². The van der Waals surface area contributed by atoms with Crippen molar-refractivity contribution in [2.75, 3.05) is 24.5 Å². The van der Waals surface area contributed by atoms with Gasteiger partial charge in [0.15, 0.2) is 0 Å². The number of amides is 1. The van der Waals surface area contributed by atoms with Gasteiger partial charge >= 0.3 is 11.8 Å². The first-order chi connectivity index (χ1) is 18.2. The average molecular weight is 516 g/mol. The van der Waals surface area contributed by atoms with E-state index in [4.69, 9.17) is 4.98 Å². The van der Waals surface area contributed by atoms with Crippen LogP contribution in [0.3, 0.4) is 0 Å². The van der Waals surface area contributed by atoms with Gasteiger partial charge in [-0.25, -0.2) is 9.59 Å². The largest absolute Gasteiger partial charge is 0.465 e. The third-order valence-electron chi connectivity index (χ3n) is 7.88. The first-order valence-corrected chi connectivity index (χ1v) is 13.5. The zero-order valence-electron chi connectivity index (χ0n) is 22.7. The molecule has 1 amide bonds. The smallest absolute Gasteiger partial charge is 0.407 e. The summed E-state index contributed by atoms with van der Waals surface area (Å²) in [4.78, 5) is 36.3. The molecule has 8 heteroatoms. The predicted molar refractivity (Wildman–Crippen MR) is 149 cm³/mol. The zero-order chi connectivity index (χ0) is 27.0. The van der Waals surface area contributed by atoms with Gasteiger partial charge in [-0.05, 0) is 43.4 Å². The lowest BCUT2D eigenvalue weighted by atomic mass is 9.98. The summed E-state index contributed by atoms with van der Waals surface area (Å²) in [5, 5.41) is 9.64. The summed E-state index contributed by atoms with van der Waals surface area (Å²) in [5.74, 6) is 0.967. The van der Waals surface area contributed by atoms with Crippen LogP contribution in [0.15, 0.2) is 59.4 Å². The van der Waals surface area contributed by atoms with Crippen molar-refractivity contribution in [2.24, 2.45) is 0 Å². The molecule has 0 saturated carbocycles. The topological polar surface area (TPSA) is 81.9 Å². The maximum Gasteiger partial charge on any atom is 0.407 e. The highest BCUT2D eigenvalue weighted by molar-refractivity contribution is 5.66. The van der Waals surface area contributed by atoms with Gasteiger partial charge in [0.1, 0.15) is 5.82 Å². The molecular formula is C30H37N5O3. The van der Waals surface area contributed by atoms with E-state index in [2.05, 4.69) is 54.0 Å². The maximum atomic E-state index is 13.9. The van der Waals surface area contributed by atoms with Gasteiger partial charge in [-0.3, -0.25) is 9.47 Å². The lowest BCUT2D eigenvalue weighted by molar-refractivity contribution is 0.114. The number of nitrogens with zero attached hydrogens (tertiary/aromatic N) is 5. The molecule has 1 N–H and O–H groups in total. The van der Waals surface area contributed by atoms with Crippen molar-refractivity contribution in [3.8, 4) is 5.69 Å². The molecule has 1 saturated heterocycles. The Morgan fingerprint density at radius 1 is 1.03 bits per heavy atom. The van der Waals surface area contributed by atoms with Crippen molar-refractivity contribution in [3.05, 3.63) is 87.5 Å². The van der Waals surface area contributed by atoms with E-state index in [1.54, 1.807) is 0 Å². The summed E-state index contributed by atoms with van der Waals surface area (Å²) in [6.07, 6.45) is -0.134. The van der Waals surface area contributed by atoms with E-state index < -0.39 is 6.09 Å². The number of carboxylic acid groups (broad SMARTS) is 1. The maximum absolute atomic E-state index is 13.9. The number of aromatic nitrogens is 2. The molecule has 2 aliphatic rings. The second kappa shape index (κ2) is 10.6. The van der Waals surface area contributed by atoms with Gasteiger partial charge < -0.3 is 14.9 Å². The van der Waals surface area contributed by atoms with Crippen LogP contribution in [0.2, 0.25) is 0 Å². The van der Waals surface area contributed by atoms with Gasteiger partial charge in [-0.2, -0.15) is 4.98 Å². The Bertz CT molecular complexity index is 1370. The molecule has 2 atom stereocenters. The summed E-state index contributed by atoms with van der Waals surface area (Å²) in [7, 11) is 0. The number of carbonyl (C=O) groups is 1. The Morgan fingerprint density at radius 3 is 2.45 bits per heavy atom. The Kier molecular flexibility index (Phi) is 7.25. The third kappa shape index (κ3) is 4.92. The van der Waals surface area contributed by atoms with Crippen LogP contribution in [-0.2, 0) is 19.5 Å². The molecule has 0 aliphatic carbocycles. The molecule has 2 aliphatic heterocycles. The first-order valence-electron chi connectivity index (χ1n) is 13.5. The number of anilines is 1. The van der Waals surface area contributed by atoms with E-state index >= 15 is 0 Å². The normalized spacial score (nSPS) is 20.0. The Hall–Kier alpha value is -3.65. The summed E-state index contributed by atoms with van der Waals surface area (Å²) < 4.78 is 1.83. The highest BCUT2D eigenvalue weighted by Gasteiger charge is 2.36. The number of para-hydroxylation sites is 1. The molecule has 0 radical (unpaired) electrons. The molecule has 3 heterocycles. The van der Waals surface area contributed by atoms with Crippen LogP contribution >= 0.6 is 0 Å². The van der Waals surface area contributed by atoms with E-state index in [1.807, 2.05) is 42.7 Å². The lowest BCUT2D eigenvalue weighted by Crippen LogP contribution is -2.58. The summed E-state index contributed by atoms with van der Waals surface area (Å²) in [5.41, 5.74) is 5.04. The fraction of sp³-hybridized carbons (Fsp3) is 0.433. The highest BCUT2D eigenvalue weighted by atomic mass is 16.4. The molecule has 8 nitrogen and oxygen atoms in total. The fourth-order valence-electron chi connectivity index (χ4n) is 5.90. The number of piperazine rings is 1. The van der Waals surface area contributed by atoms with Crippen LogP contribution in [0.5, 0.6) is 0 Å². The van der Waals surface area contributed by atoms with Crippen molar-refractivity contribution >= 4 is 11.9 Å². The van der Waals surface area contributed by atoms with Crippen molar-refractivity contribution in [1.82, 2.24) is 19.4 Å². The van der Waals surface area contributed by atoms with Gasteiger partial charge in [0.05, 0.1) is 5.69 Å². The molecule has 200 valence electrons. The minimum Gasteiger partial charge on any atom is -0.465 e. The number of hydrogen-bond donors (Lipinski definition) is 1. The van der Waals surface area contributed by atoms with Gasteiger partial charge in [0.2, 0.25) is 0 Å². The average Bonchev–Trinajstić information content (AvgIpc) is 2.89. The molecular weight excluding hydrogens is 478 g/mol. The van der Waals surface area contributed by atoms with Crippen LogP contribution in [0.25, 0.3) is 5.69 Å². The van der Waals surface area contributed by atoms with Crippen LogP contribution in [0.1, 0.15) is 56.0 Å². The van der Waals surface area contributed by atoms with Gasteiger partial charge in [0.25, 0.3) is 0 Å². The van der Waals surface area contributed by atoms with Crippen LogP contribution in [-0.4, -0.2) is 62.3 Å². The Balaban J connectivity index is 1.62. The number of hydrogen-bond acceptors (Lipinski definition) is 5. The molecule has 5 rings (SSSR count). The molecule has 0 unspecified atom stereocenters. The number of rotatable bonds is 5. The molecule has 2 aromatic carbocycles. The minimum atomic E-state index is -0.906. The van der Waals surface area contributed by atoms with Crippen molar-refractivity contribution in [2.45, 2.75) is 65.2 Å². The van der Waals surface area contributed by atoms with E-state index in [9.17, 15) is 14.7 Å². The number of fused-ring (bicyclic) bond motifs is 1. The molecule has 3 aromatic rings. The van der Waals surface area contributed by atoms with E-state index in [0.29, 0.717) is 25.5 Å². The highest BCUT2D eigenvalue weighted by Crippen LogP contribution is 2.33. The second-order valence-electron chi connectivity index (χ2n) is 10.9. The molecule has 38 heavy (non-hydrogen) atoms. The van der Waals surface area contributed by atoms with Gasteiger partial charge in [0, 0.05) is 56.1 Å². The predicted octanol–water partition coefficient (Wildman–Crippen LogP) is 4.49. The lowest BCUT2D eigenvalue weighted by Gasteiger charge is -2.44. The molecule has 0 bridgehead atoms. The molecule has 1 fully saturated rings. The van der Waals surface area contributed by atoms with Crippen LogP contribution in [0, 0.1) is 0 Å². The number of benzene rings is 2. The van der Waals surface area contributed by atoms with Crippen molar-refractivity contribution in [1.29, 1.82) is 0 Å².